The van der Waals surface area contributed by atoms with E-state index in [2.05, 4.69) is 0 Å². The third-order valence-electron chi connectivity index (χ3n) is 2.36. The number of ether oxygens (including phenoxy) is 1. The van der Waals surface area contributed by atoms with E-state index in [9.17, 15) is 0 Å². The Labute approximate surface area is 62.7 Å². The lowest BCUT2D eigenvalue weighted by Gasteiger charge is -2.16. The normalized spacial score (nSPS) is 23.4. The Kier molecular flexibility index (Phi) is 3.16. The molecule has 0 aromatic carbocycles. The predicted molar refractivity (Wildman–Crippen MR) is 41.8 cm³/mol. The first kappa shape index (κ1) is 8.02. The fourth-order valence-electron chi connectivity index (χ4n) is 1.71. The fourth-order valence-corrected chi connectivity index (χ4v) is 1.71. The molecule has 0 aliphatic heterocycles. The van der Waals surface area contributed by atoms with Crippen LogP contribution in [0.4, 0.5) is 0 Å². The van der Waals surface area contributed by atoms with Gasteiger partial charge in [-0.2, -0.15) is 0 Å². The first-order valence-corrected chi connectivity index (χ1v) is 4.09. The van der Waals surface area contributed by atoms with E-state index in [0.29, 0.717) is 0 Å². The monoisotopic (exact) mass is 143 g/mol. The van der Waals surface area contributed by atoms with Gasteiger partial charge in [0, 0.05) is 13.2 Å². The quantitative estimate of drug-likeness (QED) is 0.643. The van der Waals surface area contributed by atoms with Crippen LogP contribution in [-0.2, 0) is 4.74 Å². The summed E-state index contributed by atoms with van der Waals surface area (Å²) in [5.41, 5.74) is 5.86. The van der Waals surface area contributed by atoms with Gasteiger partial charge in [-0.1, -0.05) is 12.8 Å². The summed E-state index contributed by atoms with van der Waals surface area (Å²) in [5, 5.41) is 0. The Hall–Kier alpha value is -0.0800. The first-order valence-electron chi connectivity index (χ1n) is 4.09. The largest absolute Gasteiger partial charge is 0.383 e. The minimum Gasteiger partial charge on any atom is -0.383 e. The molecule has 1 aliphatic carbocycles. The maximum Gasteiger partial charge on any atom is 0.0616 e. The topological polar surface area (TPSA) is 35.2 Å². The maximum atomic E-state index is 5.86. The second-order valence-corrected chi connectivity index (χ2v) is 3.16. The van der Waals surface area contributed by atoms with Crippen LogP contribution >= 0.6 is 0 Å². The molecule has 1 unspecified atom stereocenters. The van der Waals surface area contributed by atoms with Crippen molar-refractivity contribution in [1.29, 1.82) is 0 Å². The zero-order valence-electron chi connectivity index (χ0n) is 6.68. The number of hydrogen-bond acceptors (Lipinski definition) is 2. The molecule has 1 saturated carbocycles. The number of hydrogen-bond donors (Lipinski definition) is 1. The standard InChI is InChI=1S/C8H17NO/c1-10-6-8(9)7-4-2-3-5-7/h7-8H,2-6,9H2,1H3. The van der Waals surface area contributed by atoms with Gasteiger partial charge in [0.1, 0.15) is 0 Å². The molecule has 0 saturated heterocycles. The second kappa shape index (κ2) is 3.94. The molecule has 0 aromatic rings. The highest BCUT2D eigenvalue weighted by Gasteiger charge is 2.21. The van der Waals surface area contributed by atoms with E-state index >= 15 is 0 Å². The zero-order valence-corrected chi connectivity index (χ0v) is 6.68. The van der Waals surface area contributed by atoms with Crippen LogP contribution in [0.15, 0.2) is 0 Å². The molecule has 1 aliphatic rings. The van der Waals surface area contributed by atoms with Crippen molar-refractivity contribution in [3.8, 4) is 0 Å². The molecular formula is C8H17NO. The van der Waals surface area contributed by atoms with Crippen molar-refractivity contribution in [3.63, 3.8) is 0 Å². The summed E-state index contributed by atoms with van der Waals surface area (Å²) in [5.74, 6) is 0.736. The lowest BCUT2D eigenvalue weighted by Crippen LogP contribution is -2.32. The van der Waals surface area contributed by atoms with Gasteiger partial charge < -0.3 is 10.5 Å². The van der Waals surface area contributed by atoms with Gasteiger partial charge >= 0.3 is 0 Å². The number of rotatable bonds is 3. The van der Waals surface area contributed by atoms with E-state index in [1.165, 1.54) is 25.7 Å². The molecule has 0 amide bonds. The molecule has 1 rings (SSSR count). The predicted octanol–water partition coefficient (Wildman–Crippen LogP) is 1.15. The van der Waals surface area contributed by atoms with Crippen molar-refractivity contribution in [1.82, 2.24) is 0 Å². The minimum atomic E-state index is 0.285. The molecule has 0 bridgehead atoms. The van der Waals surface area contributed by atoms with Crippen molar-refractivity contribution < 1.29 is 4.74 Å². The van der Waals surface area contributed by atoms with Gasteiger partial charge in [-0.05, 0) is 18.8 Å². The van der Waals surface area contributed by atoms with E-state index in [0.717, 1.165) is 12.5 Å². The molecule has 60 valence electrons. The smallest absolute Gasteiger partial charge is 0.0616 e. The Morgan fingerprint density at radius 2 is 2.10 bits per heavy atom. The van der Waals surface area contributed by atoms with Gasteiger partial charge in [0.15, 0.2) is 0 Å². The van der Waals surface area contributed by atoms with Crippen LogP contribution < -0.4 is 5.73 Å². The molecule has 1 fully saturated rings. The molecule has 0 aromatic heterocycles. The fraction of sp³-hybridized carbons (Fsp3) is 1.00. The van der Waals surface area contributed by atoms with E-state index in [1.54, 1.807) is 7.11 Å². The van der Waals surface area contributed by atoms with E-state index in [1.807, 2.05) is 0 Å². The number of methoxy groups -OCH3 is 1. The Morgan fingerprint density at radius 1 is 1.50 bits per heavy atom. The van der Waals surface area contributed by atoms with E-state index in [-0.39, 0.29) is 6.04 Å². The Balaban J connectivity index is 2.18. The van der Waals surface area contributed by atoms with Gasteiger partial charge in [0.25, 0.3) is 0 Å². The summed E-state index contributed by atoms with van der Waals surface area (Å²) >= 11 is 0. The molecule has 0 spiro atoms. The van der Waals surface area contributed by atoms with Crippen molar-refractivity contribution in [3.05, 3.63) is 0 Å². The maximum absolute atomic E-state index is 5.86. The lowest BCUT2D eigenvalue weighted by molar-refractivity contribution is 0.158. The molecule has 2 nitrogen and oxygen atoms in total. The zero-order chi connectivity index (χ0) is 7.40. The van der Waals surface area contributed by atoms with E-state index in [4.69, 9.17) is 10.5 Å². The molecular weight excluding hydrogens is 126 g/mol. The molecule has 1 atom stereocenters. The van der Waals surface area contributed by atoms with Crippen molar-refractivity contribution in [2.75, 3.05) is 13.7 Å². The van der Waals surface area contributed by atoms with Gasteiger partial charge in [-0.25, -0.2) is 0 Å². The third-order valence-corrected chi connectivity index (χ3v) is 2.36. The first-order chi connectivity index (χ1) is 4.84. The summed E-state index contributed by atoms with van der Waals surface area (Å²) < 4.78 is 4.99. The van der Waals surface area contributed by atoms with Crippen LogP contribution in [0.3, 0.4) is 0 Å². The van der Waals surface area contributed by atoms with Crippen molar-refractivity contribution in [2.45, 2.75) is 31.7 Å². The summed E-state index contributed by atoms with van der Waals surface area (Å²) in [4.78, 5) is 0. The summed E-state index contributed by atoms with van der Waals surface area (Å²) in [7, 11) is 1.72. The van der Waals surface area contributed by atoms with Crippen LogP contribution in [0.2, 0.25) is 0 Å². The highest BCUT2D eigenvalue weighted by molar-refractivity contribution is 4.77. The second-order valence-electron chi connectivity index (χ2n) is 3.16. The molecule has 10 heavy (non-hydrogen) atoms. The average Bonchev–Trinajstić information content (AvgIpc) is 2.38. The lowest BCUT2D eigenvalue weighted by atomic mass is 10.00. The minimum absolute atomic E-state index is 0.285. The van der Waals surface area contributed by atoms with Crippen molar-refractivity contribution in [2.24, 2.45) is 11.7 Å². The molecule has 0 radical (unpaired) electrons. The molecule has 2 N–H and O–H groups in total. The van der Waals surface area contributed by atoms with Crippen LogP contribution in [-0.4, -0.2) is 19.8 Å². The van der Waals surface area contributed by atoms with Gasteiger partial charge in [-0.3, -0.25) is 0 Å². The highest BCUT2D eigenvalue weighted by Crippen LogP contribution is 2.26. The number of nitrogens with two attached hydrogens (primary N) is 1. The SMILES string of the molecule is COCC(N)C1CCCC1. The highest BCUT2D eigenvalue weighted by atomic mass is 16.5. The molecule has 0 heterocycles. The van der Waals surface area contributed by atoms with Crippen LogP contribution in [0, 0.1) is 5.92 Å². The van der Waals surface area contributed by atoms with Gasteiger partial charge in [0.2, 0.25) is 0 Å². The summed E-state index contributed by atoms with van der Waals surface area (Å²) in [6, 6.07) is 0.285. The van der Waals surface area contributed by atoms with Crippen LogP contribution in [0.1, 0.15) is 25.7 Å². The van der Waals surface area contributed by atoms with Crippen LogP contribution in [0.25, 0.3) is 0 Å². The third kappa shape index (κ3) is 1.96. The van der Waals surface area contributed by atoms with E-state index < -0.39 is 0 Å². The summed E-state index contributed by atoms with van der Waals surface area (Å²) in [6.07, 6.45) is 5.35. The average molecular weight is 143 g/mol. The van der Waals surface area contributed by atoms with Gasteiger partial charge in [0.05, 0.1) is 6.61 Å². The van der Waals surface area contributed by atoms with Gasteiger partial charge in [-0.15, -0.1) is 0 Å². The Morgan fingerprint density at radius 3 is 2.60 bits per heavy atom. The van der Waals surface area contributed by atoms with Crippen LogP contribution in [0.5, 0.6) is 0 Å². The van der Waals surface area contributed by atoms with Crippen molar-refractivity contribution >= 4 is 0 Å². The summed E-state index contributed by atoms with van der Waals surface area (Å²) in [6.45, 7) is 0.727. The Bertz CT molecular complexity index is 89.3. The molecule has 2 heteroatoms.